The number of rotatable bonds is 7. The Bertz CT molecular complexity index is 1130. The molecule has 1 aliphatic heterocycles. The summed E-state index contributed by atoms with van der Waals surface area (Å²) < 4.78 is 19.0. The second-order valence-electron chi connectivity index (χ2n) is 7.72. The van der Waals surface area contributed by atoms with E-state index >= 15 is 0 Å². The van der Waals surface area contributed by atoms with Gasteiger partial charge in [-0.2, -0.15) is 4.98 Å². The molecule has 0 spiro atoms. The zero-order valence-corrected chi connectivity index (χ0v) is 19.5. The van der Waals surface area contributed by atoms with Crippen LogP contribution in [0.4, 0.5) is 4.39 Å². The lowest BCUT2D eigenvalue weighted by Crippen LogP contribution is -2.46. The van der Waals surface area contributed by atoms with Gasteiger partial charge in [0.15, 0.2) is 5.11 Å². The quantitative estimate of drug-likeness (QED) is 0.319. The van der Waals surface area contributed by atoms with Crippen LogP contribution in [-0.2, 0) is 0 Å². The fourth-order valence-electron chi connectivity index (χ4n) is 3.80. The summed E-state index contributed by atoms with van der Waals surface area (Å²) in [6.45, 7) is 5.01. The second kappa shape index (κ2) is 9.79. The van der Waals surface area contributed by atoms with E-state index in [1.807, 2.05) is 31.2 Å². The van der Waals surface area contributed by atoms with Gasteiger partial charge in [0.25, 0.3) is 5.89 Å². The first kappa shape index (κ1) is 22.4. The first-order valence-corrected chi connectivity index (χ1v) is 11.4. The predicted octanol–water partition coefficient (Wildman–Crippen LogP) is 6.38. The Morgan fingerprint density at radius 2 is 1.84 bits per heavy atom. The molecule has 0 saturated heterocycles. The molecule has 2 heterocycles. The minimum Gasteiger partial charge on any atom is -0.351 e. The van der Waals surface area contributed by atoms with E-state index in [4.69, 9.17) is 28.3 Å². The maximum absolute atomic E-state index is 13.3. The molecule has 4 rings (SSSR count). The van der Waals surface area contributed by atoms with Crippen molar-refractivity contribution in [3.05, 3.63) is 76.5 Å². The van der Waals surface area contributed by atoms with E-state index < -0.39 is 0 Å². The molecule has 32 heavy (non-hydrogen) atoms. The van der Waals surface area contributed by atoms with Crippen LogP contribution in [0.1, 0.15) is 50.6 Å². The van der Waals surface area contributed by atoms with Crippen molar-refractivity contribution < 1.29 is 8.91 Å². The molecular formula is C24H24ClFN4OS. The highest BCUT2D eigenvalue weighted by molar-refractivity contribution is 7.80. The van der Waals surface area contributed by atoms with E-state index in [1.54, 1.807) is 12.1 Å². The molecule has 1 unspecified atom stereocenters. The summed E-state index contributed by atoms with van der Waals surface area (Å²) in [7, 11) is 0. The third-order valence-corrected chi connectivity index (χ3v) is 6.13. The van der Waals surface area contributed by atoms with Crippen LogP contribution in [0.15, 0.2) is 58.8 Å². The van der Waals surface area contributed by atoms with Crippen molar-refractivity contribution in [2.24, 2.45) is 0 Å². The first-order valence-electron chi connectivity index (χ1n) is 10.6. The predicted molar refractivity (Wildman–Crippen MR) is 128 cm³/mol. The highest BCUT2D eigenvalue weighted by Crippen LogP contribution is 2.37. The third kappa shape index (κ3) is 4.69. The number of nitrogens with zero attached hydrogens (tertiary/aromatic N) is 3. The highest BCUT2D eigenvalue weighted by Gasteiger charge is 2.33. The summed E-state index contributed by atoms with van der Waals surface area (Å²) in [5, 5.41) is 8.91. The Kier molecular flexibility index (Phi) is 6.86. The minimum atomic E-state index is -0.313. The van der Waals surface area contributed by atoms with Gasteiger partial charge >= 0.3 is 0 Å². The van der Waals surface area contributed by atoms with E-state index in [1.165, 1.54) is 12.1 Å². The first-order chi connectivity index (χ1) is 15.5. The molecule has 1 N–H and O–H groups in total. The molecule has 5 nitrogen and oxygen atoms in total. The topological polar surface area (TPSA) is 54.2 Å². The number of aromatic nitrogens is 2. The van der Waals surface area contributed by atoms with E-state index in [0.717, 1.165) is 42.6 Å². The number of halogens is 2. The molecule has 1 atom stereocenters. The van der Waals surface area contributed by atoms with Crippen molar-refractivity contribution >= 4 is 34.5 Å². The monoisotopic (exact) mass is 470 g/mol. The van der Waals surface area contributed by atoms with Gasteiger partial charge < -0.3 is 14.7 Å². The van der Waals surface area contributed by atoms with E-state index in [9.17, 15) is 4.39 Å². The molecular weight excluding hydrogens is 447 g/mol. The largest absolute Gasteiger partial charge is 0.351 e. The number of allylic oxidation sites excluding steroid dienone is 1. The molecule has 0 saturated carbocycles. The lowest BCUT2D eigenvalue weighted by molar-refractivity contribution is 0.395. The minimum absolute atomic E-state index is 0.260. The Hall–Kier alpha value is -2.77. The van der Waals surface area contributed by atoms with Gasteiger partial charge in [0.2, 0.25) is 5.82 Å². The number of hydrogen-bond donors (Lipinski definition) is 1. The fourth-order valence-corrected chi connectivity index (χ4v) is 4.27. The van der Waals surface area contributed by atoms with Crippen LogP contribution in [0.25, 0.3) is 17.0 Å². The lowest BCUT2D eigenvalue weighted by atomic mass is 9.94. The maximum Gasteiger partial charge on any atom is 0.258 e. The number of hydrogen-bond acceptors (Lipinski definition) is 4. The molecule has 1 aliphatic rings. The molecule has 2 aromatic carbocycles. The van der Waals surface area contributed by atoms with E-state index in [-0.39, 0.29) is 11.9 Å². The van der Waals surface area contributed by atoms with Crippen LogP contribution >= 0.6 is 23.8 Å². The van der Waals surface area contributed by atoms with Crippen LogP contribution in [-0.4, -0.2) is 26.7 Å². The number of benzene rings is 2. The normalized spacial score (nSPS) is 16.4. The molecule has 0 amide bonds. The Morgan fingerprint density at radius 3 is 2.53 bits per heavy atom. The summed E-state index contributed by atoms with van der Waals surface area (Å²) in [5.74, 6) is 0.490. The molecule has 8 heteroatoms. The van der Waals surface area contributed by atoms with Crippen molar-refractivity contribution in [2.45, 2.75) is 39.2 Å². The summed E-state index contributed by atoms with van der Waals surface area (Å²) >= 11 is 11.8. The molecule has 0 fully saturated rings. The Balaban J connectivity index is 1.76. The smallest absolute Gasteiger partial charge is 0.258 e. The van der Waals surface area contributed by atoms with Crippen molar-refractivity contribution in [1.82, 2.24) is 20.4 Å². The molecule has 1 aromatic heterocycles. The summed E-state index contributed by atoms with van der Waals surface area (Å²) in [6, 6.07) is 13.4. The van der Waals surface area contributed by atoms with Gasteiger partial charge in [0.1, 0.15) is 5.82 Å². The van der Waals surface area contributed by atoms with Crippen molar-refractivity contribution in [3.8, 4) is 11.4 Å². The third-order valence-electron chi connectivity index (χ3n) is 5.54. The summed E-state index contributed by atoms with van der Waals surface area (Å²) in [4.78, 5) is 6.73. The molecule has 0 bridgehead atoms. The average Bonchev–Trinajstić information content (AvgIpc) is 3.26. The second-order valence-corrected chi connectivity index (χ2v) is 8.55. The van der Waals surface area contributed by atoms with Gasteiger partial charge in [-0.25, -0.2) is 4.39 Å². The molecule has 0 aliphatic carbocycles. The van der Waals surface area contributed by atoms with Crippen LogP contribution in [0.5, 0.6) is 0 Å². The maximum atomic E-state index is 13.3. The van der Waals surface area contributed by atoms with Crippen LogP contribution in [0.2, 0.25) is 5.02 Å². The lowest BCUT2D eigenvalue weighted by Gasteiger charge is -2.37. The highest BCUT2D eigenvalue weighted by atomic mass is 35.5. The number of nitrogens with one attached hydrogen (secondary N) is 1. The van der Waals surface area contributed by atoms with Crippen LogP contribution < -0.4 is 5.32 Å². The van der Waals surface area contributed by atoms with Gasteiger partial charge in [-0.05, 0) is 67.5 Å². The van der Waals surface area contributed by atoms with Crippen LogP contribution in [0.3, 0.4) is 0 Å². The van der Waals surface area contributed by atoms with Crippen LogP contribution in [0, 0.1) is 5.82 Å². The SMILES string of the molecule is CCCCCN1C(=S)NC(c2ccc(Cl)cc2)C(c2nc(-c3ccc(F)cc3)no2)=C1C. The standard InChI is InChI=1S/C24H24ClFN4OS/c1-3-4-5-14-30-15(2)20(21(27-24(30)32)16-6-10-18(25)11-7-16)23-28-22(29-31-23)17-8-12-19(26)13-9-17/h6-13,21H,3-5,14H2,1-2H3,(H,27,32). The summed E-state index contributed by atoms with van der Waals surface area (Å²) in [6.07, 6.45) is 3.28. The van der Waals surface area contributed by atoms with E-state index in [0.29, 0.717) is 27.4 Å². The van der Waals surface area contributed by atoms with Gasteiger partial charge in [-0.15, -0.1) is 0 Å². The summed E-state index contributed by atoms with van der Waals surface area (Å²) in [5.41, 5.74) is 3.50. The Labute approximate surface area is 197 Å². The molecule has 166 valence electrons. The average molecular weight is 471 g/mol. The van der Waals surface area contributed by atoms with Gasteiger partial charge in [0, 0.05) is 22.8 Å². The van der Waals surface area contributed by atoms with Crippen molar-refractivity contribution in [2.75, 3.05) is 6.54 Å². The number of thiocarbonyl (C=S) groups is 1. The zero-order valence-electron chi connectivity index (χ0n) is 17.9. The van der Waals surface area contributed by atoms with Gasteiger partial charge in [0.05, 0.1) is 11.6 Å². The Morgan fingerprint density at radius 1 is 1.12 bits per heavy atom. The fraction of sp³-hybridized carbons (Fsp3) is 0.292. The number of unbranched alkanes of at least 4 members (excludes halogenated alkanes) is 2. The van der Waals surface area contributed by atoms with Gasteiger partial charge in [-0.1, -0.05) is 48.7 Å². The van der Waals surface area contributed by atoms with E-state index in [2.05, 4.69) is 27.3 Å². The van der Waals surface area contributed by atoms with Gasteiger partial charge in [-0.3, -0.25) is 0 Å². The molecule has 0 radical (unpaired) electrons. The van der Waals surface area contributed by atoms with Crippen molar-refractivity contribution in [1.29, 1.82) is 0 Å². The van der Waals surface area contributed by atoms with Crippen molar-refractivity contribution in [3.63, 3.8) is 0 Å². The molecule has 3 aromatic rings. The zero-order chi connectivity index (χ0) is 22.7.